The van der Waals surface area contributed by atoms with Crippen molar-refractivity contribution in [3.8, 4) is 0 Å². The maximum atomic E-state index is 12.3. The molecule has 0 unspecified atom stereocenters. The first kappa shape index (κ1) is 20.7. The standard InChI is InChI=1S/C18H18N4O5S2/c1-9-6-7-10(8-12(9)22(25)26)15(23)20-21-18(28)19-16-14(17(24)27-2)11-4-3-5-13(11)29-16/h6-8H,3-5H2,1-2H3,(H,20,23)(H2,19,21,28). The number of ether oxygens (including phenoxy) is 1. The number of nitrogens with zero attached hydrogens (tertiary/aromatic N) is 1. The lowest BCUT2D eigenvalue weighted by atomic mass is 10.1. The normalized spacial score (nSPS) is 12.1. The first-order chi connectivity index (χ1) is 13.8. The number of hydrogen-bond donors (Lipinski definition) is 3. The van der Waals surface area contributed by atoms with Crippen LogP contribution in [0.1, 0.15) is 43.1 Å². The van der Waals surface area contributed by atoms with E-state index in [-0.39, 0.29) is 16.4 Å². The van der Waals surface area contributed by atoms with Gasteiger partial charge in [0.1, 0.15) is 5.00 Å². The minimum atomic E-state index is -0.584. The molecule has 1 aliphatic rings. The molecule has 2 aromatic rings. The van der Waals surface area contributed by atoms with E-state index in [1.165, 1.54) is 36.6 Å². The van der Waals surface area contributed by atoms with Crippen LogP contribution in [0, 0.1) is 17.0 Å². The van der Waals surface area contributed by atoms with E-state index in [9.17, 15) is 19.7 Å². The van der Waals surface area contributed by atoms with Crippen molar-refractivity contribution >= 4 is 51.2 Å². The molecule has 1 aromatic heterocycles. The smallest absolute Gasteiger partial charge is 0.341 e. The van der Waals surface area contributed by atoms with E-state index < -0.39 is 16.8 Å². The predicted molar refractivity (Wildman–Crippen MR) is 112 cm³/mol. The Labute approximate surface area is 175 Å². The molecule has 0 bridgehead atoms. The summed E-state index contributed by atoms with van der Waals surface area (Å²) in [6.07, 6.45) is 2.70. The fourth-order valence-corrected chi connectivity index (χ4v) is 4.58. The van der Waals surface area contributed by atoms with Gasteiger partial charge in [-0.25, -0.2) is 4.79 Å². The minimum absolute atomic E-state index is 0.0741. The highest BCUT2D eigenvalue weighted by molar-refractivity contribution is 7.80. The summed E-state index contributed by atoms with van der Waals surface area (Å²) in [7, 11) is 1.32. The summed E-state index contributed by atoms with van der Waals surface area (Å²) < 4.78 is 4.88. The third kappa shape index (κ3) is 4.35. The van der Waals surface area contributed by atoms with E-state index in [2.05, 4.69) is 16.2 Å². The van der Waals surface area contributed by atoms with Crippen LogP contribution in [-0.2, 0) is 17.6 Å². The summed E-state index contributed by atoms with van der Waals surface area (Å²) in [6, 6.07) is 4.18. The van der Waals surface area contributed by atoms with Crippen molar-refractivity contribution in [1.82, 2.24) is 10.9 Å². The van der Waals surface area contributed by atoms with Gasteiger partial charge in [0.25, 0.3) is 11.6 Å². The number of nitro benzene ring substituents is 1. The van der Waals surface area contributed by atoms with Gasteiger partial charge in [-0.2, -0.15) is 0 Å². The number of nitro groups is 1. The molecule has 0 spiro atoms. The van der Waals surface area contributed by atoms with Crippen molar-refractivity contribution in [1.29, 1.82) is 0 Å². The fraction of sp³-hybridized carbons (Fsp3) is 0.278. The lowest BCUT2D eigenvalue weighted by Crippen LogP contribution is -2.43. The Morgan fingerprint density at radius 1 is 1.28 bits per heavy atom. The Kier molecular flexibility index (Phi) is 6.09. The number of nitrogens with one attached hydrogen (secondary N) is 3. The van der Waals surface area contributed by atoms with Gasteiger partial charge in [0, 0.05) is 22.1 Å². The molecule has 0 radical (unpaired) electrons. The lowest BCUT2D eigenvalue weighted by Gasteiger charge is -2.12. The van der Waals surface area contributed by atoms with Crippen LogP contribution in [0.5, 0.6) is 0 Å². The summed E-state index contributed by atoms with van der Waals surface area (Å²) >= 11 is 6.62. The Morgan fingerprint density at radius 2 is 2.03 bits per heavy atom. The Balaban J connectivity index is 1.67. The number of benzene rings is 1. The summed E-state index contributed by atoms with van der Waals surface area (Å²) in [5.74, 6) is -1.02. The number of rotatable bonds is 4. The summed E-state index contributed by atoms with van der Waals surface area (Å²) in [5.41, 5.74) is 6.81. The minimum Gasteiger partial charge on any atom is -0.465 e. The van der Waals surface area contributed by atoms with Crippen LogP contribution < -0.4 is 16.2 Å². The van der Waals surface area contributed by atoms with Crippen LogP contribution in [0.15, 0.2) is 18.2 Å². The fourth-order valence-electron chi connectivity index (χ4n) is 3.08. The number of hydrogen-bond acceptors (Lipinski definition) is 7. The molecular weight excluding hydrogens is 416 g/mol. The van der Waals surface area contributed by atoms with Gasteiger partial charge in [0.05, 0.1) is 17.6 Å². The van der Waals surface area contributed by atoms with Gasteiger partial charge < -0.3 is 10.1 Å². The van der Waals surface area contributed by atoms with Crippen molar-refractivity contribution in [3.05, 3.63) is 55.4 Å². The molecular formula is C18H18N4O5S2. The van der Waals surface area contributed by atoms with Gasteiger partial charge in [0.2, 0.25) is 0 Å². The molecule has 29 heavy (non-hydrogen) atoms. The van der Waals surface area contributed by atoms with Crippen LogP contribution in [0.25, 0.3) is 0 Å². The highest BCUT2D eigenvalue weighted by atomic mass is 32.1. The molecule has 0 atom stereocenters. The Morgan fingerprint density at radius 3 is 2.72 bits per heavy atom. The zero-order chi connectivity index (χ0) is 21.1. The van der Waals surface area contributed by atoms with E-state index in [0.717, 1.165) is 29.7 Å². The number of carbonyl (C=O) groups is 2. The van der Waals surface area contributed by atoms with Crippen LogP contribution in [0.4, 0.5) is 10.7 Å². The maximum Gasteiger partial charge on any atom is 0.341 e. The summed E-state index contributed by atoms with van der Waals surface area (Å²) in [6.45, 7) is 1.59. The van der Waals surface area contributed by atoms with Crippen molar-refractivity contribution < 1.29 is 19.2 Å². The molecule has 11 heteroatoms. The Bertz CT molecular complexity index is 1020. The van der Waals surface area contributed by atoms with Crippen molar-refractivity contribution in [3.63, 3.8) is 0 Å². The predicted octanol–water partition coefficient (Wildman–Crippen LogP) is 2.87. The first-order valence-corrected chi connectivity index (χ1v) is 9.89. The highest BCUT2D eigenvalue weighted by Crippen LogP contribution is 2.39. The third-order valence-corrected chi connectivity index (χ3v) is 5.91. The molecule has 0 fully saturated rings. The molecule has 0 aliphatic heterocycles. The quantitative estimate of drug-likeness (QED) is 0.291. The van der Waals surface area contributed by atoms with Gasteiger partial charge in [-0.1, -0.05) is 6.07 Å². The SMILES string of the molecule is COC(=O)c1c(NC(=S)NNC(=O)c2ccc(C)c([N+](=O)[O-])c2)sc2c1CCC2. The highest BCUT2D eigenvalue weighted by Gasteiger charge is 2.27. The molecule has 9 nitrogen and oxygen atoms in total. The molecule has 1 aliphatic carbocycles. The van der Waals surface area contributed by atoms with Crippen LogP contribution >= 0.6 is 23.6 Å². The van der Waals surface area contributed by atoms with Crippen LogP contribution in [0.3, 0.4) is 0 Å². The Hall–Kier alpha value is -3.05. The lowest BCUT2D eigenvalue weighted by molar-refractivity contribution is -0.385. The summed E-state index contributed by atoms with van der Waals surface area (Å²) in [5, 5.41) is 14.6. The molecule has 152 valence electrons. The molecule has 3 N–H and O–H groups in total. The second kappa shape index (κ2) is 8.53. The zero-order valence-corrected chi connectivity index (χ0v) is 17.3. The molecule has 1 amide bonds. The second-order valence-corrected chi connectivity index (χ2v) is 7.86. The van der Waals surface area contributed by atoms with Gasteiger partial charge in [0.15, 0.2) is 5.11 Å². The summed E-state index contributed by atoms with van der Waals surface area (Å²) in [4.78, 5) is 36.0. The molecule has 1 aromatic carbocycles. The largest absolute Gasteiger partial charge is 0.465 e. The number of aryl methyl sites for hydroxylation is 2. The molecule has 0 saturated heterocycles. The number of hydrazine groups is 1. The van der Waals surface area contributed by atoms with Crippen molar-refractivity contribution in [2.45, 2.75) is 26.2 Å². The van der Waals surface area contributed by atoms with E-state index in [1.54, 1.807) is 6.92 Å². The maximum absolute atomic E-state index is 12.3. The van der Waals surface area contributed by atoms with E-state index in [4.69, 9.17) is 17.0 Å². The molecule has 3 rings (SSSR count). The number of carbonyl (C=O) groups excluding carboxylic acids is 2. The average Bonchev–Trinajstić information content (AvgIpc) is 3.26. The number of thiophene rings is 1. The van der Waals surface area contributed by atoms with Gasteiger partial charge >= 0.3 is 5.97 Å². The number of fused-ring (bicyclic) bond motifs is 1. The first-order valence-electron chi connectivity index (χ1n) is 8.67. The number of anilines is 1. The van der Waals surface area contributed by atoms with Crippen molar-refractivity contribution in [2.24, 2.45) is 0 Å². The number of amides is 1. The van der Waals surface area contributed by atoms with Crippen molar-refractivity contribution in [2.75, 3.05) is 12.4 Å². The zero-order valence-electron chi connectivity index (χ0n) is 15.7. The number of thiocarbonyl (C=S) groups is 1. The molecule has 0 saturated carbocycles. The number of esters is 1. The monoisotopic (exact) mass is 434 g/mol. The van der Waals surface area contributed by atoms with E-state index in [1.807, 2.05) is 0 Å². The van der Waals surface area contributed by atoms with Gasteiger partial charge in [-0.3, -0.25) is 25.8 Å². The molecule has 1 heterocycles. The second-order valence-electron chi connectivity index (χ2n) is 6.34. The number of methoxy groups -OCH3 is 1. The average molecular weight is 434 g/mol. The van der Waals surface area contributed by atoms with Gasteiger partial charge in [-0.05, 0) is 50.0 Å². The van der Waals surface area contributed by atoms with E-state index in [0.29, 0.717) is 16.1 Å². The van der Waals surface area contributed by atoms with Crippen LogP contribution in [-0.4, -0.2) is 29.0 Å². The topological polar surface area (TPSA) is 123 Å². The van der Waals surface area contributed by atoms with Crippen LogP contribution in [0.2, 0.25) is 0 Å². The van der Waals surface area contributed by atoms with E-state index >= 15 is 0 Å². The third-order valence-electron chi connectivity index (χ3n) is 4.50. The van der Waals surface area contributed by atoms with Gasteiger partial charge in [-0.15, -0.1) is 11.3 Å².